The maximum absolute atomic E-state index is 13.3. The Morgan fingerprint density at radius 1 is 1.40 bits per heavy atom. The van der Waals surface area contributed by atoms with Crippen molar-refractivity contribution in [2.45, 2.75) is 25.8 Å². The number of likely N-dealkylation sites (tertiary alicyclic amines) is 1. The highest BCUT2D eigenvalue weighted by Crippen LogP contribution is 2.28. The van der Waals surface area contributed by atoms with Gasteiger partial charge in [-0.25, -0.2) is 4.39 Å². The quantitative estimate of drug-likeness (QED) is 0.857. The first kappa shape index (κ1) is 13.3. The summed E-state index contributed by atoms with van der Waals surface area (Å²) in [5, 5.41) is 4.24. The van der Waals surface area contributed by atoms with Crippen molar-refractivity contribution in [1.82, 2.24) is 14.7 Å². The van der Waals surface area contributed by atoms with Gasteiger partial charge in [-0.3, -0.25) is 9.58 Å². The minimum atomic E-state index is -0.145. The molecule has 0 N–H and O–H groups in total. The Kier molecular flexibility index (Phi) is 3.57. The molecule has 0 saturated carbocycles. The fourth-order valence-corrected chi connectivity index (χ4v) is 2.95. The van der Waals surface area contributed by atoms with Gasteiger partial charge in [-0.1, -0.05) is 6.07 Å². The molecule has 106 valence electrons. The van der Waals surface area contributed by atoms with E-state index < -0.39 is 0 Å². The second kappa shape index (κ2) is 5.37. The number of benzene rings is 1. The van der Waals surface area contributed by atoms with Crippen LogP contribution in [0.2, 0.25) is 0 Å². The third-order valence-corrected chi connectivity index (χ3v) is 4.17. The van der Waals surface area contributed by atoms with Crippen LogP contribution in [-0.2, 0) is 13.6 Å². The van der Waals surface area contributed by atoms with E-state index in [0.717, 1.165) is 37.2 Å². The Hall–Kier alpha value is -1.68. The molecule has 1 saturated heterocycles. The molecule has 2 heterocycles. The summed E-state index contributed by atoms with van der Waals surface area (Å²) in [6.07, 6.45) is 5.21. The number of hydrogen-bond acceptors (Lipinski definition) is 2. The fraction of sp³-hybridized carbons (Fsp3) is 0.438. The van der Waals surface area contributed by atoms with E-state index in [4.69, 9.17) is 0 Å². The molecule has 2 aromatic rings. The van der Waals surface area contributed by atoms with E-state index in [1.807, 2.05) is 30.9 Å². The maximum Gasteiger partial charge on any atom is 0.123 e. The number of nitrogens with zero attached hydrogens (tertiary/aromatic N) is 3. The largest absolute Gasteiger partial charge is 0.298 e. The van der Waals surface area contributed by atoms with Crippen LogP contribution in [0.4, 0.5) is 4.39 Å². The Bertz CT molecular complexity index is 606. The predicted molar refractivity (Wildman–Crippen MR) is 77.0 cm³/mol. The molecular formula is C16H20FN3. The van der Waals surface area contributed by atoms with Crippen LogP contribution in [0.3, 0.4) is 0 Å². The van der Waals surface area contributed by atoms with E-state index >= 15 is 0 Å². The topological polar surface area (TPSA) is 21.1 Å². The lowest BCUT2D eigenvalue weighted by Gasteiger charge is -2.17. The third kappa shape index (κ3) is 2.75. The molecule has 0 aliphatic carbocycles. The number of rotatable bonds is 3. The lowest BCUT2D eigenvalue weighted by molar-refractivity contribution is 0.325. The fourth-order valence-electron chi connectivity index (χ4n) is 2.95. The molecule has 20 heavy (non-hydrogen) atoms. The highest BCUT2D eigenvalue weighted by Gasteiger charge is 2.25. The lowest BCUT2D eigenvalue weighted by atomic mass is 10.0. The zero-order valence-electron chi connectivity index (χ0n) is 12.0. The highest BCUT2D eigenvalue weighted by atomic mass is 19.1. The molecule has 0 bridgehead atoms. The van der Waals surface area contributed by atoms with E-state index in [2.05, 4.69) is 16.2 Å². The summed E-state index contributed by atoms with van der Waals surface area (Å²) in [5.41, 5.74) is 3.57. The Morgan fingerprint density at radius 2 is 2.25 bits per heavy atom. The van der Waals surface area contributed by atoms with Gasteiger partial charge in [-0.2, -0.15) is 5.10 Å². The van der Waals surface area contributed by atoms with Gasteiger partial charge in [-0.05, 0) is 48.7 Å². The first-order valence-electron chi connectivity index (χ1n) is 7.08. The lowest BCUT2D eigenvalue weighted by Crippen LogP contribution is -2.20. The number of halogens is 1. The van der Waals surface area contributed by atoms with E-state index in [1.54, 1.807) is 6.07 Å². The molecule has 0 amide bonds. The van der Waals surface area contributed by atoms with Crippen LogP contribution >= 0.6 is 0 Å². The molecule has 1 aromatic heterocycles. The van der Waals surface area contributed by atoms with E-state index in [1.165, 1.54) is 11.6 Å². The molecule has 3 rings (SSSR count). The molecule has 4 heteroatoms. The minimum absolute atomic E-state index is 0.145. The SMILES string of the molecule is Cc1ccc(F)cc1CN1CC[C@@H](c2cnn(C)c2)C1. The second-order valence-corrected chi connectivity index (χ2v) is 5.74. The van der Waals surface area contributed by atoms with Gasteiger partial charge >= 0.3 is 0 Å². The normalized spacial score (nSPS) is 19.6. The molecule has 1 fully saturated rings. The monoisotopic (exact) mass is 273 g/mol. The van der Waals surface area contributed by atoms with Crippen molar-refractivity contribution in [3.8, 4) is 0 Å². The zero-order valence-corrected chi connectivity index (χ0v) is 12.0. The average Bonchev–Trinajstić information content (AvgIpc) is 3.03. The summed E-state index contributed by atoms with van der Waals surface area (Å²) in [5.74, 6) is 0.408. The van der Waals surface area contributed by atoms with Crippen LogP contribution in [0.1, 0.15) is 29.0 Å². The minimum Gasteiger partial charge on any atom is -0.298 e. The van der Waals surface area contributed by atoms with Crippen LogP contribution in [-0.4, -0.2) is 27.8 Å². The molecule has 0 unspecified atom stereocenters. The van der Waals surface area contributed by atoms with Gasteiger partial charge in [0.05, 0.1) is 6.20 Å². The Balaban J connectivity index is 1.67. The van der Waals surface area contributed by atoms with Crippen LogP contribution in [0.25, 0.3) is 0 Å². The van der Waals surface area contributed by atoms with Crippen molar-refractivity contribution in [2.24, 2.45) is 7.05 Å². The molecule has 3 nitrogen and oxygen atoms in total. The molecular weight excluding hydrogens is 253 g/mol. The first-order valence-corrected chi connectivity index (χ1v) is 7.08. The van der Waals surface area contributed by atoms with Crippen LogP contribution in [0.15, 0.2) is 30.6 Å². The molecule has 1 aliphatic rings. The standard InChI is InChI=1S/C16H20FN3/c1-12-3-4-16(17)7-14(12)11-20-6-5-13(10-20)15-8-18-19(2)9-15/h3-4,7-9,13H,5-6,10-11H2,1-2H3/t13-/m1/s1. The maximum atomic E-state index is 13.3. The van der Waals surface area contributed by atoms with Crippen molar-refractivity contribution >= 4 is 0 Å². The van der Waals surface area contributed by atoms with Gasteiger partial charge in [-0.15, -0.1) is 0 Å². The van der Waals surface area contributed by atoms with E-state index in [0.29, 0.717) is 5.92 Å². The van der Waals surface area contributed by atoms with Crippen LogP contribution in [0.5, 0.6) is 0 Å². The van der Waals surface area contributed by atoms with Gasteiger partial charge in [0, 0.05) is 32.3 Å². The molecule has 0 radical (unpaired) electrons. The summed E-state index contributed by atoms with van der Waals surface area (Å²) < 4.78 is 15.2. The van der Waals surface area contributed by atoms with Crippen molar-refractivity contribution in [3.63, 3.8) is 0 Å². The summed E-state index contributed by atoms with van der Waals surface area (Å²) in [4.78, 5) is 2.40. The summed E-state index contributed by atoms with van der Waals surface area (Å²) in [6, 6.07) is 5.05. The van der Waals surface area contributed by atoms with Gasteiger partial charge in [0.2, 0.25) is 0 Å². The third-order valence-electron chi connectivity index (χ3n) is 4.17. The van der Waals surface area contributed by atoms with Crippen molar-refractivity contribution in [2.75, 3.05) is 13.1 Å². The number of aromatic nitrogens is 2. The summed E-state index contributed by atoms with van der Waals surface area (Å²) in [7, 11) is 1.95. The Labute approximate surface area is 119 Å². The number of aryl methyl sites for hydroxylation is 2. The van der Waals surface area contributed by atoms with Gasteiger partial charge < -0.3 is 0 Å². The average molecular weight is 273 g/mol. The van der Waals surface area contributed by atoms with Crippen LogP contribution < -0.4 is 0 Å². The van der Waals surface area contributed by atoms with Gasteiger partial charge in [0.1, 0.15) is 5.82 Å². The summed E-state index contributed by atoms with van der Waals surface area (Å²) in [6.45, 7) is 4.97. The highest BCUT2D eigenvalue weighted by molar-refractivity contribution is 5.26. The van der Waals surface area contributed by atoms with Gasteiger partial charge in [0.15, 0.2) is 0 Å². The van der Waals surface area contributed by atoms with E-state index in [-0.39, 0.29) is 5.82 Å². The predicted octanol–water partition coefficient (Wildman–Crippen LogP) is 2.86. The van der Waals surface area contributed by atoms with Crippen molar-refractivity contribution in [3.05, 3.63) is 53.1 Å². The molecule has 1 atom stereocenters. The van der Waals surface area contributed by atoms with Crippen molar-refractivity contribution < 1.29 is 4.39 Å². The second-order valence-electron chi connectivity index (χ2n) is 5.74. The zero-order chi connectivity index (χ0) is 14.1. The number of hydrogen-bond donors (Lipinski definition) is 0. The Morgan fingerprint density at radius 3 is 3.00 bits per heavy atom. The first-order chi connectivity index (χ1) is 9.61. The molecule has 1 aromatic carbocycles. The molecule has 1 aliphatic heterocycles. The smallest absolute Gasteiger partial charge is 0.123 e. The van der Waals surface area contributed by atoms with Gasteiger partial charge in [0.25, 0.3) is 0 Å². The molecule has 0 spiro atoms. The van der Waals surface area contributed by atoms with Crippen molar-refractivity contribution in [1.29, 1.82) is 0 Å². The summed E-state index contributed by atoms with van der Waals surface area (Å²) >= 11 is 0. The van der Waals surface area contributed by atoms with E-state index in [9.17, 15) is 4.39 Å². The van der Waals surface area contributed by atoms with Crippen LogP contribution in [0, 0.1) is 12.7 Å².